The second-order valence-corrected chi connectivity index (χ2v) is 2.96. The van der Waals surface area contributed by atoms with E-state index in [1.165, 1.54) is 0 Å². The number of thioether (sulfide) groups is 1. The summed E-state index contributed by atoms with van der Waals surface area (Å²) in [6.45, 7) is 2.06. The standard InChI is InChI=1S/C6H9N3S/c1-2-10-6-8-3-5(7)4-9-6/h3-4H,2,7H2,1H3. The van der Waals surface area contributed by atoms with E-state index >= 15 is 0 Å². The Bertz CT molecular complexity index is 197. The Morgan fingerprint density at radius 1 is 1.50 bits per heavy atom. The van der Waals surface area contributed by atoms with Gasteiger partial charge in [0.2, 0.25) is 0 Å². The normalized spacial score (nSPS) is 9.70. The molecule has 0 aliphatic carbocycles. The first-order valence-electron chi connectivity index (χ1n) is 3.03. The lowest BCUT2D eigenvalue weighted by Crippen LogP contribution is -1.90. The Morgan fingerprint density at radius 3 is 2.60 bits per heavy atom. The van der Waals surface area contributed by atoms with E-state index in [4.69, 9.17) is 5.73 Å². The van der Waals surface area contributed by atoms with Crippen LogP contribution in [0.1, 0.15) is 6.92 Å². The topological polar surface area (TPSA) is 51.8 Å². The molecule has 0 aliphatic rings. The van der Waals surface area contributed by atoms with Crippen LogP contribution in [0.2, 0.25) is 0 Å². The van der Waals surface area contributed by atoms with Crippen LogP contribution < -0.4 is 5.73 Å². The van der Waals surface area contributed by atoms with Crippen LogP contribution in [-0.4, -0.2) is 15.7 Å². The summed E-state index contributed by atoms with van der Waals surface area (Å²) in [7, 11) is 0. The Morgan fingerprint density at radius 2 is 2.10 bits per heavy atom. The highest BCUT2D eigenvalue weighted by Crippen LogP contribution is 2.10. The number of nitrogens with zero attached hydrogens (tertiary/aromatic N) is 2. The van der Waals surface area contributed by atoms with Gasteiger partial charge in [0.25, 0.3) is 0 Å². The zero-order valence-corrected chi connectivity index (χ0v) is 6.56. The smallest absolute Gasteiger partial charge is 0.187 e. The summed E-state index contributed by atoms with van der Waals surface area (Å²) in [5.41, 5.74) is 6.00. The van der Waals surface area contributed by atoms with Crippen molar-refractivity contribution in [3.63, 3.8) is 0 Å². The van der Waals surface area contributed by atoms with Crippen molar-refractivity contribution in [1.29, 1.82) is 0 Å². The average molecular weight is 155 g/mol. The highest BCUT2D eigenvalue weighted by Gasteiger charge is 1.92. The quantitative estimate of drug-likeness (QED) is 0.514. The molecule has 0 bridgehead atoms. The van der Waals surface area contributed by atoms with Crippen LogP contribution in [0.3, 0.4) is 0 Å². The third-order valence-corrected chi connectivity index (χ3v) is 1.68. The van der Waals surface area contributed by atoms with Crippen molar-refractivity contribution in [2.45, 2.75) is 12.1 Å². The molecular formula is C6H9N3S. The first kappa shape index (κ1) is 7.34. The van der Waals surface area contributed by atoms with Crippen molar-refractivity contribution in [3.05, 3.63) is 12.4 Å². The maximum absolute atomic E-state index is 5.39. The largest absolute Gasteiger partial charge is 0.396 e. The predicted octanol–water partition coefficient (Wildman–Crippen LogP) is 1.17. The molecule has 54 valence electrons. The molecular weight excluding hydrogens is 146 g/mol. The molecule has 1 aromatic rings. The molecule has 0 aliphatic heterocycles. The number of rotatable bonds is 2. The van der Waals surface area contributed by atoms with Gasteiger partial charge < -0.3 is 5.73 Å². The lowest BCUT2D eigenvalue weighted by atomic mass is 10.6. The van der Waals surface area contributed by atoms with Gasteiger partial charge in [0.15, 0.2) is 5.16 Å². The average Bonchev–Trinajstić information content (AvgIpc) is 1.95. The number of aromatic nitrogens is 2. The molecule has 0 saturated carbocycles. The third kappa shape index (κ3) is 1.88. The van der Waals surface area contributed by atoms with E-state index < -0.39 is 0 Å². The highest BCUT2D eigenvalue weighted by molar-refractivity contribution is 7.99. The number of nitrogens with two attached hydrogens (primary N) is 1. The molecule has 0 spiro atoms. The van der Waals surface area contributed by atoms with Gasteiger partial charge in [-0.25, -0.2) is 9.97 Å². The van der Waals surface area contributed by atoms with Crippen molar-refractivity contribution < 1.29 is 0 Å². The summed E-state index contributed by atoms with van der Waals surface area (Å²) < 4.78 is 0. The van der Waals surface area contributed by atoms with Gasteiger partial charge >= 0.3 is 0 Å². The number of hydrogen-bond acceptors (Lipinski definition) is 4. The molecule has 0 saturated heterocycles. The molecule has 1 heterocycles. The summed E-state index contributed by atoms with van der Waals surface area (Å²) in [6.07, 6.45) is 3.23. The van der Waals surface area contributed by atoms with Gasteiger partial charge in [-0.1, -0.05) is 18.7 Å². The monoisotopic (exact) mass is 155 g/mol. The zero-order valence-electron chi connectivity index (χ0n) is 5.74. The van der Waals surface area contributed by atoms with Crippen LogP contribution >= 0.6 is 11.8 Å². The lowest BCUT2D eigenvalue weighted by Gasteiger charge is -1.94. The molecule has 2 N–H and O–H groups in total. The van der Waals surface area contributed by atoms with Crippen molar-refractivity contribution in [3.8, 4) is 0 Å². The lowest BCUT2D eigenvalue weighted by molar-refractivity contribution is 0.972. The molecule has 0 unspecified atom stereocenters. The van der Waals surface area contributed by atoms with Gasteiger partial charge in [-0.05, 0) is 5.75 Å². The van der Waals surface area contributed by atoms with Crippen molar-refractivity contribution in [1.82, 2.24) is 9.97 Å². The maximum atomic E-state index is 5.39. The fraction of sp³-hybridized carbons (Fsp3) is 0.333. The second kappa shape index (κ2) is 3.41. The van der Waals surface area contributed by atoms with Crippen molar-refractivity contribution >= 4 is 17.4 Å². The van der Waals surface area contributed by atoms with E-state index in [0.717, 1.165) is 10.9 Å². The summed E-state index contributed by atoms with van der Waals surface area (Å²) >= 11 is 1.61. The van der Waals surface area contributed by atoms with Crippen LogP contribution in [0, 0.1) is 0 Å². The van der Waals surface area contributed by atoms with Gasteiger partial charge in [-0.15, -0.1) is 0 Å². The highest BCUT2D eigenvalue weighted by atomic mass is 32.2. The molecule has 1 rings (SSSR count). The number of anilines is 1. The maximum Gasteiger partial charge on any atom is 0.187 e. The van der Waals surface area contributed by atoms with Gasteiger partial charge in [-0.2, -0.15) is 0 Å². The summed E-state index contributed by atoms with van der Waals surface area (Å²) in [5.74, 6) is 0.990. The fourth-order valence-electron chi connectivity index (χ4n) is 0.530. The first-order chi connectivity index (χ1) is 4.83. The molecule has 1 aromatic heterocycles. The van der Waals surface area contributed by atoms with Crippen LogP contribution in [0.15, 0.2) is 17.6 Å². The van der Waals surface area contributed by atoms with E-state index in [-0.39, 0.29) is 0 Å². The molecule has 0 amide bonds. The van der Waals surface area contributed by atoms with Gasteiger partial charge in [-0.3, -0.25) is 0 Å². The first-order valence-corrected chi connectivity index (χ1v) is 4.02. The van der Waals surface area contributed by atoms with E-state index in [1.807, 2.05) is 0 Å². The molecule has 4 heteroatoms. The van der Waals surface area contributed by atoms with E-state index in [2.05, 4.69) is 16.9 Å². The minimum atomic E-state index is 0.612. The molecule has 0 radical (unpaired) electrons. The summed E-state index contributed by atoms with van der Waals surface area (Å²) in [4.78, 5) is 7.99. The zero-order chi connectivity index (χ0) is 7.40. The van der Waals surface area contributed by atoms with Crippen LogP contribution in [0.5, 0.6) is 0 Å². The summed E-state index contributed by atoms with van der Waals surface area (Å²) in [6, 6.07) is 0. The van der Waals surface area contributed by atoms with Crippen molar-refractivity contribution in [2.75, 3.05) is 11.5 Å². The Labute approximate surface area is 64.1 Å². The SMILES string of the molecule is CCSc1ncc(N)cn1. The molecule has 10 heavy (non-hydrogen) atoms. The van der Waals surface area contributed by atoms with Gasteiger partial charge in [0.1, 0.15) is 0 Å². The molecule has 0 aromatic carbocycles. The van der Waals surface area contributed by atoms with Crippen LogP contribution in [-0.2, 0) is 0 Å². The van der Waals surface area contributed by atoms with Crippen molar-refractivity contribution in [2.24, 2.45) is 0 Å². The van der Waals surface area contributed by atoms with Gasteiger partial charge in [0.05, 0.1) is 18.1 Å². The molecule has 0 atom stereocenters. The number of nitrogen functional groups attached to an aromatic ring is 1. The van der Waals surface area contributed by atoms with E-state index in [0.29, 0.717) is 5.69 Å². The Hall–Kier alpha value is -0.770. The van der Waals surface area contributed by atoms with Crippen LogP contribution in [0.4, 0.5) is 5.69 Å². The van der Waals surface area contributed by atoms with Crippen LogP contribution in [0.25, 0.3) is 0 Å². The Kier molecular flexibility index (Phi) is 2.50. The minimum Gasteiger partial charge on any atom is -0.396 e. The molecule has 0 fully saturated rings. The van der Waals surface area contributed by atoms with Gasteiger partial charge in [0, 0.05) is 0 Å². The number of hydrogen-bond donors (Lipinski definition) is 1. The molecule has 3 nitrogen and oxygen atoms in total. The fourth-order valence-corrected chi connectivity index (χ4v) is 1.04. The summed E-state index contributed by atoms with van der Waals surface area (Å²) in [5, 5.41) is 0.789. The Balaban J connectivity index is 2.69. The van der Waals surface area contributed by atoms with E-state index in [9.17, 15) is 0 Å². The second-order valence-electron chi connectivity index (χ2n) is 1.73. The third-order valence-electron chi connectivity index (χ3n) is 0.922. The van der Waals surface area contributed by atoms with E-state index in [1.54, 1.807) is 24.2 Å². The minimum absolute atomic E-state index is 0.612. The predicted molar refractivity (Wildman–Crippen MR) is 42.8 cm³/mol.